The van der Waals surface area contributed by atoms with Crippen LogP contribution >= 0.6 is 0 Å². The highest BCUT2D eigenvalue weighted by Gasteiger charge is 1.96. The van der Waals surface area contributed by atoms with Gasteiger partial charge in [-0.3, -0.25) is 4.79 Å². The Balaban J connectivity index is 1.75. The van der Waals surface area contributed by atoms with Gasteiger partial charge in [-0.2, -0.15) is 0 Å². The second kappa shape index (κ2) is 5.69. The van der Waals surface area contributed by atoms with Gasteiger partial charge in [0.25, 0.3) is 5.56 Å². The zero-order chi connectivity index (χ0) is 11.9. The maximum Gasteiger partial charge on any atom is 0.254 e. The van der Waals surface area contributed by atoms with Crippen LogP contribution < -0.4 is 15.0 Å². The van der Waals surface area contributed by atoms with Crippen LogP contribution in [0.2, 0.25) is 0 Å². The van der Waals surface area contributed by atoms with Crippen LogP contribution in [0.5, 0.6) is 11.6 Å². The summed E-state index contributed by atoms with van der Waals surface area (Å²) < 4.78 is 10.7. The summed E-state index contributed by atoms with van der Waals surface area (Å²) in [5.74, 6) is 1.08. The van der Waals surface area contributed by atoms with Crippen molar-refractivity contribution < 1.29 is 9.47 Å². The Morgan fingerprint density at radius 2 is 1.88 bits per heavy atom. The standard InChI is InChI=1S/C12H12N2O3/c15-11-8-12(14-9-13-11)17-7-6-16-10-4-2-1-3-5-10/h1-5,8-9H,6-7H2,(H,13,14,15). The number of aromatic amines is 1. The maximum atomic E-state index is 10.9. The smallest absolute Gasteiger partial charge is 0.254 e. The summed E-state index contributed by atoms with van der Waals surface area (Å²) in [5.41, 5.74) is -0.237. The Kier molecular flexibility index (Phi) is 3.75. The van der Waals surface area contributed by atoms with E-state index in [9.17, 15) is 4.79 Å². The van der Waals surface area contributed by atoms with Crippen molar-refractivity contribution in [2.45, 2.75) is 0 Å². The number of nitrogens with one attached hydrogen (secondary N) is 1. The summed E-state index contributed by atoms with van der Waals surface area (Å²) >= 11 is 0. The van der Waals surface area contributed by atoms with E-state index in [4.69, 9.17) is 9.47 Å². The molecule has 2 rings (SSSR count). The van der Waals surface area contributed by atoms with Crippen LogP contribution in [0, 0.1) is 0 Å². The second-order valence-electron chi connectivity index (χ2n) is 3.26. The summed E-state index contributed by atoms with van der Waals surface area (Å²) in [6, 6.07) is 10.7. The van der Waals surface area contributed by atoms with Crippen molar-refractivity contribution in [1.82, 2.24) is 9.97 Å². The van der Waals surface area contributed by atoms with Crippen molar-refractivity contribution >= 4 is 0 Å². The second-order valence-corrected chi connectivity index (χ2v) is 3.26. The Bertz CT molecular complexity index is 510. The SMILES string of the molecule is O=c1cc(OCCOc2ccccc2)nc[nH]1. The molecule has 0 amide bonds. The zero-order valence-corrected chi connectivity index (χ0v) is 9.13. The van der Waals surface area contributed by atoms with Gasteiger partial charge in [0, 0.05) is 0 Å². The largest absolute Gasteiger partial charge is 0.490 e. The minimum absolute atomic E-state index is 0.237. The molecule has 0 spiro atoms. The van der Waals surface area contributed by atoms with E-state index in [1.807, 2.05) is 30.3 Å². The van der Waals surface area contributed by atoms with Gasteiger partial charge in [-0.25, -0.2) is 4.98 Å². The third kappa shape index (κ3) is 3.64. The number of benzene rings is 1. The summed E-state index contributed by atoms with van der Waals surface area (Å²) in [6.45, 7) is 0.740. The highest BCUT2D eigenvalue weighted by Crippen LogP contribution is 2.07. The summed E-state index contributed by atoms with van der Waals surface area (Å²) in [5, 5.41) is 0. The Morgan fingerprint density at radius 1 is 1.12 bits per heavy atom. The van der Waals surface area contributed by atoms with Gasteiger partial charge in [-0.05, 0) is 12.1 Å². The molecule has 0 saturated carbocycles. The fraction of sp³-hybridized carbons (Fsp3) is 0.167. The molecule has 1 aromatic heterocycles. The van der Waals surface area contributed by atoms with Crippen molar-refractivity contribution in [3.63, 3.8) is 0 Å². The van der Waals surface area contributed by atoms with Gasteiger partial charge >= 0.3 is 0 Å². The van der Waals surface area contributed by atoms with Crippen LogP contribution in [0.1, 0.15) is 0 Å². The summed E-state index contributed by atoms with van der Waals surface area (Å²) in [4.78, 5) is 17.2. The normalized spacial score (nSPS) is 9.88. The molecule has 0 atom stereocenters. The van der Waals surface area contributed by atoms with Crippen molar-refractivity contribution in [2.24, 2.45) is 0 Å². The molecule has 0 fully saturated rings. The maximum absolute atomic E-state index is 10.9. The average molecular weight is 232 g/mol. The number of para-hydroxylation sites is 1. The lowest BCUT2D eigenvalue weighted by Crippen LogP contribution is -2.12. The molecule has 5 nitrogen and oxygen atoms in total. The Hall–Kier alpha value is -2.30. The van der Waals surface area contributed by atoms with E-state index in [0.29, 0.717) is 19.1 Å². The van der Waals surface area contributed by atoms with Crippen LogP contribution in [0.15, 0.2) is 47.5 Å². The minimum atomic E-state index is -0.237. The van der Waals surface area contributed by atoms with Crippen molar-refractivity contribution in [3.05, 3.63) is 53.1 Å². The molecule has 88 valence electrons. The molecule has 1 aromatic carbocycles. The van der Waals surface area contributed by atoms with E-state index in [1.165, 1.54) is 12.4 Å². The van der Waals surface area contributed by atoms with E-state index in [-0.39, 0.29) is 5.56 Å². The van der Waals surface area contributed by atoms with E-state index in [0.717, 1.165) is 5.75 Å². The quantitative estimate of drug-likeness (QED) is 0.787. The molecule has 0 aliphatic carbocycles. The molecule has 1 N–H and O–H groups in total. The lowest BCUT2D eigenvalue weighted by molar-refractivity contribution is 0.211. The van der Waals surface area contributed by atoms with Gasteiger partial charge in [-0.15, -0.1) is 0 Å². The number of nitrogens with zero attached hydrogens (tertiary/aromatic N) is 1. The number of H-pyrrole nitrogens is 1. The topological polar surface area (TPSA) is 64.2 Å². The van der Waals surface area contributed by atoms with Crippen LogP contribution in [-0.2, 0) is 0 Å². The van der Waals surface area contributed by atoms with Crippen LogP contribution in [-0.4, -0.2) is 23.2 Å². The summed E-state index contributed by atoms with van der Waals surface area (Å²) in [7, 11) is 0. The predicted molar refractivity (Wildman–Crippen MR) is 62.3 cm³/mol. The first-order valence-electron chi connectivity index (χ1n) is 5.20. The molecular formula is C12H12N2O3. The van der Waals surface area contributed by atoms with Crippen molar-refractivity contribution in [3.8, 4) is 11.6 Å². The highest BCUT2D eigenvalue weighted by atomic mass is 16.5. The Morgan fingerprint density at radius 3 is 2.65 bits per heavy atom. The third-order valence-electron chi connectivity index (χ3n) is 2.00. The molecule has 0 bridgehead atoms. The molecule has 0 radical (unpaired) electrons. The molecule has 0 unspecified atom stereocenters. The minimum Gasteiger partial charge on any atom is -0.490 e. The van der Waals surface area contributed by atoms with Gasteiger partial charge < -0.3 is 14.5 Å². The lowest BCUT2D eigenvalue weighted by atomic mass is 10.3. The monoisotopic (exact) mass is 232 g/mol. The van der Waals surface area contributed by atoms with Crippen molar-refractivity contribution in [2.75, 3.05) is 13.2 Å². The average Bonchev–Trinajstić information content (AvgIpc) is 2.36. The first kappa shape index (κ1) is 11.2. The lowest BCUT2D eigenvalue weighted by Gasteiger charge is -2.06. The van der Waals surface area contributed by atoms with E-state index < -0.39 is 0 Å². The first-order chi connectivity index (χ1) is 8.34. The number of hydrogen-bond donors (Lipinski definition) is 1. The fourth-order valence-electron chi connectivity index (χ4n) is 1.25. The zero-order valence-electron chi connectivity index (χ0n) is 9.13. The molecule has 17 heavy (non-hydrogen) atoms. The third-order valence-corrected chi connectivity index (χ3v) is 2.00. The van der Waals surface area contributed by atoms with Gasteiger partial charge in [0.2, 0.25) is 5.88 Å². The molecule has 0 aliphatic rings. The number of ether oxygens (including phenoxy) is 2. The molecule has 5 heteroatoms. The number of rotatable bonds is 5. The predicted octanol–water partition coefficient (Wildman–Crippen LogP) is 1.23. The van der Waals surface area contributed by atoms with Gasteiger partial charge in [0.15, 0.2) is 0 Å². The molecule has 2 aromatic rings. The molecule has 0 saturated heterocycles. The summed E-state index contributed by atoms with van der Waals surface area (Å²) in [6.07, 6.45) is 1.30. The molecular weight excluding hydrogens is 220 g/mol. The van der Waals surface area contributed by atoms with E-state index in [2.05, 4.69) is 9.97 Å². The van der Waals surface area contributed by atoms with Crippen molar-refractivity contribution in [1.29, 1.82) is 0 Å². The van der Waals surface area contributed by atoms with E-state index in [1.54, 1.807) is 0 Å². The van der Waals surface area contributed by atoms with E-state index >= 15 is 0 Å². The fourth-order valence-corrected chi connectivity index (χ4v) is 1.25. The van der Waals surface area contributed by atoms with Crippen LogP contribution in [0.3, 0.4) is 0 Å². The Labute approximate surface area is 98.0 Å². The number of aromatic nitrogens is 2. The van der Waals surface area contributed by atoms with Gasteiger partial charge in [-0.1, -0.05) is 18.2 Å². The van der Waals surface area contributed by atoms with Crippen LogP contribution in [0.4, 0.5) is 0 Å². The number of hydrogen-bond acceptors (Lipinski definition) is 4. The van der Waals surface area contributed by atoms with Crippen LogP contribution in [0.25, 0.3) is 0 Å². The first-order valence-corrected chi connectivity index (χ1v) is 5.20. The van der Waals surface area contributed by atoms with Gasteiger partial charge in [0.05, 0.1) is 12.4 Å². The highest BCUT2D eigenvalue weighted by molar-refractivity contribution is 5.20. The van der Waals surface area contributed by atoms with Gasteiger partial charge in [0.1, 0.15) is 19.0 Å². The molecule has 1 heterocycles. The molecule has 0 aliphatic heterocycles.